The van der Waals surface area contributed by atoms with Crippen LogP contribution in [0.15, 0.2) is 45.8 Å². The van der Waals surface area contributed by atoms with Gasteiger partial charge in [0.2, 0.25) is 5.91 Å². The molecule has 134 valence electrons. The molecule has 0 aliphatic carbocycles. The number of rotatable bonds is 5. The zero-order valence-corrected chi connectivity index (χ0v) is 14.0. The van der Waals surface area contributed by atoms with E-state index in [1.165, 1.54) is 0 Å². The minimum atomic E-state index is -0.201. The van der Waals surface area contributed by atoms with Crippen LogP contribution in [0, 0.1) is 0 Å². The van der Waals surface area contributed by atoms with Crippen LogP contribution in [0.4, 0.5) is 0 Å². The highest BCUT2D eigenvalue weighted by Crippen LogP contribution is 2.33. The molecule has 0 radical (unpaired) electrons. The predicted octanol–water partition coefficient (Wildman–Crippen LogP) is 2.14. The van der Waals surface area contributed by atoms with Crippen molar-refractivity contribution in [2.45, 2.75) is 19.4 Å². The van der Waals surface area contributed by atoms with E-state index in [0.717, 1.165) is 5.39 Å². The van der Waals surface area contributed by atoms with Gasteiger partial charge in [-0.25, -0.2) is 0 Å². The highest BCUT2D eigenvalue weighted by molar-refractivity contribution is 5.83. The third-order valence-electron chi connectivity index (χ3n) is 4.25. The summed E-state index contributed by atoms with van der Waals surface area (Å²) in [6.45, 7) is 1.34. The lowest BCUT2D eigenvalue weighted by Crippen LogP contribution is -2.24. The summed E-state index contributed by atoms with van der Waals surface area (Å²) in [5.74, 6) is 1.85. The maximum atomic E-state index is 12.3. The van der Waals surface area contributed by atoms with E-state index in [2.05, 4.69) is 10.3 Å². The second kappa shape index (κ2) is 6.95. The number of aromatic nitrogens is 1. The van der Waals surface area contributed by atoms with Gasteiger partial charge in [-0.1, -0.05) is 0 Å². The number of amides is 1. The second-order valence-electron chi connectivity index (χ2n) is 6.06. The molecular weight excluding hydrogens is 336 g/mol. The molecule has 0 saturated heterocycles. The fraction of sp³-hybridized carbons (Fsp3) is 0.263. The maximum absolute atomic E-state index is 12.3. The highest BCUT2D eigenvalue weighted by Gasteiger charge is 2.14. The van der Waals surface area contributed by atoms with Crippen LogP contribution in [0.2, 0.25) is 0 Å². The Morgan fingerprint density at radius 1 is 1.15 bits per heavy atom. The monoisotopic (exact) mass is 354 g/mol. The molecule has 0 spiro atoms. The zero-order chi connectivity index (χ0) is 17.9. The number of H-pyrrole nitrogens is 1. The number of pyridine rings is 1. The van der Waals surface area contributed by atoms with Crippen molar-refractivity contribution in [1.82, 2.24) is 10.3 Å². The van der Waals surface area contributed by atoms with Gasteiger partial charge < -0.3 is 24.2 Å². The standard InChI is InChI=1S/C19H18N2O5/c22-18(20-11-14-2-1-5-24-14)4-3-12-8-13-9-16-17(26-7-6-25-16)10-15(13)21-19(12)23/h1-2,5,8-10H,3-4,6-7,11H2,(H,20,22)(H,21,23). The first-order chi connectivity index (χ1) is 12.7. The van der Waals surface area contributed by atoms with Gasteiger partial charge in [-0.05, 0) is 30.7 Å². The Balaban J connectivity index is 1.46. The number of furan rings is 1. The molecule has 0 unspecified atom stereocenters. The van der Waals surface area contributed by atoms with E-state index >= 15 is 0 Å². The van der Waals surface area contributed by atoms with Crippen LogP contribution >= 0.6 is 0 Å². The number of hydrogen-bond donors (Lipinski definition) is 2. The van der Waals surface area contributed by atoms with Crippen molar-refractivity contribution in [3.8, 4) is 11.5 Å². The first-order valence-corrected chi connectivity index (χ1v) is 8.44. The van der Waals surface area contributed by atoms with E-state index in [-0.39, 0.29) is 17.9 Å². The molecule has 4 rings (SSSR count). The van der Waals surface area contributed by atoms with E-state index in [1.807, 2.05) is 6.07 Å². The molecule has 2 aromatic heterocycles. The maximum Gasteiger partial charge on any atom is 0.251 e. The lowest BCUT2D eigenvalue weighted by molar-refractivity contribution is -0.121. The molecule has 3 aromatic rings. The van der Waals surface area contributed by atoms with Crippen molar-refractivity contribution in [3.63, 3.8) is 0 Å². The summed E-state index contributed by atoms with van der Waals surface area (Å²) >= 11 is 0. The van der Waals surface area contributed by atoms with Crippen molar-refractivity contribution >= 4 is 16.8 Å². The smallest absolute Gasteiger partial charge is 0.251 e. The van der Waals surface area contributed by atoms with Gasteiger partial charge in [-0.15, -0.1) is 0 Å². The fourth-order valence-electron chi connectivity index (χ4n) is 2.91. The van der Waals surface area contributed by atoms with Gasteiger partial charge in [0.05, 0.1) is 18.3 Å². The van der Waals surface area contributed by atoms with Gasteiger partial charge in [-0.2, -0.15) is 0 Å². The summed E-state index contributed by atoms with van der Waals surface area (Å²) < 4.78 is 16.3. The first kappa shape index (κ1) is 16.3. The molecule has 1 aromatic carbocycles. The Morgan fingerprint density at radius 3 is 2.73 bits per heavy atom. The first-order valence-electron chi connectivity index (χ1n) is 8.44. The lowest BCUT2D eigenvalue weighted by Gasteiger charge is -2.18. The summed E-state index contributed by atoms with van der Waals surface area (Å²) in [6.07, 6.45) is 2.13. The van der Waals surface area contributed by atoms with Crippen molar-refractivity contribution < 1.29 is 18.7 Å². The second-order valence-corrected chi connectivity index (χ2v) is 6.06. The van der Waals surface area contributed by atoms with E-state index in [4.69, 9.17) is 13.9 Å². The lowest BCUT2D eigenvalue weighted by atomic mass is 10.1. The van der Waals surface area contributed by atoms with Crippen molar-refractivity contribution in [2.75, 3.05) is 13.2 Å². The highest BCUT2D eigenvalue weighted by atomic mass is 16.6. The topological polar surface area (TPSA) is 93.6 Å². The molecule has 1 amide bonds. The van der Waals surface area contributed by atoms with Crippen molar-refractivity contribution in [3.05, 3.63) is 58.3 Å². The number of hydrogen-bond acceptors (Lipinski definition) is 5. The van der Waals surface area contributed by atoms with Crippen LogP contribution in [0.1, 0.15) is 17.7 Å². The molecule has 2 N–H and O–H groups in total. The molecule has 0 bridgehead atoms. The number of carbonyl (C=O) groups excluding carboxylic acids is 1. The summed E-state index contributed by atoms with van der Waals surface area (Å²) in [7, 11) is 0. The van der Waals surface area contributed by atoms with Crippen LogP contribution in [-0.2, 0) is 17.8 Å². The average molecular weight is 354 g/mol. The zero-order valence-electron chi connectivity index (χ0n) is 14.0. The van der Waals surface area contributed by atoms with E-state index in [9.17, 15) is 9.59 Å². The SMILES string of the molecule is O=C(CCc1cc2cc3c(cc2[nH]c1=O)OCCO3)NCc1ccco1. The molecule has 0 fully saturated rings. The number of aromatic amines is 1. The van der Waals surface area contributed by atoms with Crippen LogP contribution in [0.5, 0.6) is 11.5 Å². The van der Waals surface area contributed by atoms with Crippen LogP contribution in [0.3, 0.4) is 0 Å². The minimum Gasteiger partial charge on any atom is -0.486 e. The fourth-order valence-corrected chi connectivity index (χ4v) is 2.91. The number of aryl methyl sites for hydroxylation is 1. The summed E-state index contributed by atoms with van der Waals surface area (Å²) in [5.41, 5.74) is 1.04. The third kappa shape index (κ3) is 3.42. The molecule has 26 heavy (non-hydrogen) atoms. The largest absolute Gasteiger partial charge is 0.486 e. The van der Waals surface area contributed by atoms with E-state index in [0.29, 0.717) is 54.5 Å². The quantitative estimate of drug-likeness (QED) is 0.732. The van der Waals surface area contributed by atoms with Gasteiger partial charge >= 0.3 is 0 Å². The Kier molecular flexibility index (Phi) is 4.35. The number of fused-ring (bicyclic) bond motifs is 2. The predicted molar refractivity (Wildman–Crippen MR) is 94.4 cm³/mol. The van der Waals surface area contributed by atoms with Gasteiger partial charge in [0, 0.05) is 23.4 Å². The number of ether oxygens (including phenoxy) is 2. The molecule has 7 heteroatoms. The third-order valence-corrected chi connectivity index (χ3v) is 4.25. The summed E-state index contributed by atoms with van der Waals surface area (Å²) in [4.78, 5) is 27.1. The average Bonchev–Trinajstić information content (AvgIpc) is 3.17. The van der Waals surface area contributed by atoms with E-state index < -0.39 is 0 Å². The summed E-state index contributed by atoms with van der Waals surface area (Å²) in [5, 5.41) is 3.62. The van der Waals surface area contributed by atoms with E-state index in [1.54, 1.807) is 30.5 Å². The van der Waals surface area contributed by atoms with Crippen molar-refractivity contribution in [2.24, 2.45) is 0 Å². The number of carbonyl (C=O) groups is 1. The minimum absolute atomic E-state index is 0.136. The molecule has 7 nitrogen and oxygen atoms in total. The van der Waals surface area contributed by atoms with Crippen LogP contribution in [-0.4, -0.2) is 24.1 Å². The van der Waals surface area contributed by atoms with Crippen LogP contribution in [0.25, 0.3) is 10.9 Å². The Labute approximate surface area is 148 Å². The normalized spacial score (nSPS) is 12.9. The summed E-state index contributed by atoms with van der Waals surface area (Å²) in [6, 6.07) is 8.97. The van der Waals surface area contributed by atoms with Gasteiger partial charge in [0.15, 0.2) is 11.5 Å². The molecular formula is C19H18N2O5. The van der Waals surface area contributed by atoms with Crippen LogP contribution < -0.4 is 20.3 Å². The number of nitrogens with one attached hydrogen (secondary N) is 2. The van der Waals surface area contributed by atoms with Gasteiger partial charge in [0.25, 0.3) is 5.56 Å². The molecule has 1 aliphatic rings. The van der Waals surface area contributed by atoms with Gasteiger partial charge in [0.1, 0.15) is 19.0 Å². The van der Waals surface area contributed by atoms with Gasteiger partial charge in [-0.3, -0.25) is 9.59 Å². The Bertz CT molecular complexity index is 991. The Hall–Kier alpha value is -3.22. The number of benzene rings is 1. The Morgan fingerprint density at radius 2 is 1.96 bits per heavy atom. The molecule has 1 aliphatic heterocycles. The molecule has 0 saturated carbocycles. The molecule has 3 heterocycles. The van der Waals surface area contributed by atoms with Crippen molar-refractivity contribution in [1.29, 1.82) is 0 Å². The molecule has 0 atom stereocenters.